The number of benzene rings is 1. The molecule has 0 aliphatic heterocycles. The van der Waals surface area contributed by atoms with Crippen molar-refractivity contribution >= 4 is 21.8 Å². The average molecular weight is 227 g/mol. The van der Waals surface area contributed by atoms with Gasteiger partial charge in [-0.1, -0.05) is 18.2 Å². The number of H-pyrrole nitrogens is 2. The lowest BCUT2D eigenvalue weighted by molar-refractivity contribution is 1.06. The van der Waals surface area contributed by atoms with Crippen LogP contribution in [0.1, 0.15) is 5.69 Å². The Morgan fingerprint density at radius 3 is 2.71 bits per heavy atom. The SMILES string of the molecule is Cc1[nH]c(=O)nc2c1c(=O)[nH]c1ccccc12. The van der Waals surface area contributed by atoms with Crippen molar-refractivity contribution in [3.63, 3.8) is 0 Å². The fraction of sp³-hybridized carbons (Fsp3) is 0.0833. The van der Waals surface area contributed by atoms with Gasteiger partial charge in [0.1, 0.15) is 0 Å². The molecule has 5 nitrogen and oxygen atoms in total. The van der Waals surface area contributed by atoms with Crippen molar-refractivity contribution in [3.05, 3.63) is 50.8 Å². The second kappa shape index (κ2) is 3.28. The van der Waals surface area contributed by atoms with Crippen molar-refractivity contribution in [3.8, 4) is 0 Å². The van der Waals surface area contributed by atoms with Crippen molar-refractivity contribution in [1.82, 2.24) is 15.0 Å². The Balaban J connectivity index is 2.75. The maximum absolute atomic E-state index is 11.9. The first-order valence-electron chi connectivity index (χ1n) is 5.18. The Morgan fingerprint density at radius 2 is 1.88 bits per heavy atom. The number of rotatable bonds is 0. The van der Waals surface area contributed by atoms with Crippen molar-refractivity contribution < 1.29 is 0 Å². The van der Waals surface area contributed by atoms with Gasteiger partial charge in [0.15, 0.2) is 0 Å². The molecule has 0 saturated carbocycles. The van der Waals surface area contributed by atoms with Crippen LogP contribution in [0.4, 0.5) is 0 Å². The van der Waals surface area contributed by atoms with Gasteiger partial charge in [0.05, 0.1) is 16.4 Å². The number of aromatic amines is 2. The highest BCUT2D eigenvalue weighted by Gasteiger charge is 2.09. The highest BCUT2D eigenvalue weighted by molar-refractivity contribution is 6.03. The summed E-state index contributed by atoms with van der Waals surface area (Å²) in [6.07, 6.45) is 0. The number of nitrogens with one attached hydrogen (secondary N) is 2. The number of pyridine rings is 1. The van der Waals surface area contributed by atoms with Crippen LogP contribution < -0.4 is 11.2 Å². The smallest absolute Gasteiger partial charge is 0.321 e. The van der Waals surface area contributed by atoms with E-state index < -0.39 is 5.69 Å². The van der Waals surface area contributed by atoms with Gasteiger partial charge >= 0.3 is 5.69 Å². The van der Waals surface area contributed by atoms with Crippen LogP contribution in [0, 0.1) is 6.92 Å². The first kappa shape index (κ1) is 9.77. The normalized spacial score (nSPS) is 11.1. The van der Waals surface area contributed by atoms with Crippen molar-refractivity contribution in [2.24, 2.45) is 0 Å². The molecule has 0 aliphatic rings. The molecule has 3 aromatic rings. The molecule has 1 aromatic carbocycles. The molecule has 0 spiro atoms. The summed E-state index contributed by atoms with van der Waals surface area (Å²) in [4.78, 5) is 32.5. The van der Waals surface area contributed by atoms with Crippen LogP contribution in [0.3, 0.4) is 0 Å². The standard InChI is InChI=1S/C12H9N3O2/c1-6-9-10(15-12(17)13-6)7-4-2-3-5-8(7)14-11(9)16/h2-5H,1H3,(H,14,16)(H,13,15,17). The zero-order valence-corrected chi connectivity index (χ0v) is 9.07. The number of fused-ring (bicyclic) bond motifs is 3. The first-order chi connectivity index (χ1) is 8.16. The molecule has 0 radical (unpaired) electrons. The molecule has 2 heterocycles. The van der Waals surface area contributed by atoms with E-state index in [1.165, 1.54) is 0 Å². The van der Waals surface area contributed by atoms with Crippen LogP contribution in [0.25, 0.3) is 21.8 Å². The molecule has 0 fully saturated rings. The highest BCUT2D eigenvalue weighted by atomic mass is 16.1. The van der Waals surface area contributed by atoms with Gasteiger partial charge in [0.2, 0.25) is 0 Å². The van der Waals surface area contributed by atoms with Crippen LogP contribution >= 0.6 is 0 Å². The molecule has 3 rings (SSSR count). The van der Waals surface area contributed by atoms with Gasteiger partial charge in [-0.05, 0) is 13.0 Å². The van der Waals surface area contributed by atoms with Gasteiger partial charge in [0.25, 0.3) is 5.56 Å². The number of hydrogen-bond donors (Lipinski definition) is 2. The number of aryl methyl sites for hydroxylation is 1. The number of nitrogens with zero attached hydrogens (tertiary/aromatic N) is 1. The fourth-order valence-corrected chi connectivity index (χ4v) is 2.04. The molecule has 2 aromatic heterocycles. The van der Waals surface area contributed by atoms with Gasteiger partial charge in [0, 0.05) is 11.1 Å². The molecule has 0 saturated heterocycles. The molecular weight excluding hydrogens is 218 g/mol. The molecule has 2 N–H and O–H groups in total. The predicted octanol–water partition coefficient (Wildman–Crippen LogP) is 1.07. The van der Waals surface area contributed by atoms with E-state index in [4.69, 9.17) is 0 Å². The molecule has 0 unspecified atom stereocenters. The second-order valence-corrected chi connectivity index (χ2v) is 3.89. The van der Waals surface area contributed by atoms with E-state index in [2.05, 4.69) is 15.0 Å². The Labute approximate surface area is 95.1 Å². The Hall–Kier alpha value is -2.43. The van der Waals surface area contributed by atoms with Gasteiger partial charge in [-0.15, -0.1) is 0 Å². The zero-order chi connectivity index (χ0) is 12.0. The van der Waals surface area contributed by atoms with E-state index in [9.17, 15) is 9.59 Å². The van der Waals surface area contributed by atoms with Crippen LogP contribution in [0.2, 0.25) is 0 Å². The first-order valence-corrected chi connectivity index (χ1v) is 5.18. The lowest BCUT2D eigenvalue weighted by atomic mass is 10.1. The summed E-state index contributed by atoms with van der Waals surface area (Å²) >= 11 is 0. The molecule has 0 aliphatic carbocycles. The molecule has 0 bridgehead atoms. The van der Waals surface area contributed by atoms with E-state index in [0.29, 0.717) is 22.1 Å². The molecular formula is C12H9N3O2. The highest BCUT2D eigenvalue weighted by Crippen LogP contribution is 2.18. The van der Waals surface area contributed by atoms with E-state index in [-0.39, 0.29) is 5.56 Å². The van der Waals surface area contributed by atoms with Crippen molar-refractivity contribution in [2.75, 3.05) is 0 Å². The van der Waals surface area contributed by atoms with Crippen LogP contribution in [0.5, 0.6) is 0 Å². The van der Waals surface area contributed by atoms with Gasteiger partial charge in [-0.3, -0.25) is 4.79 Å². The van der Waals surface area contributed by atoms with E-state index in [0.717, 1.165) is 5.39 Å². The second-order valence-electron chi connectivity index (χ2n) is 3.89. The van der Waals surface area contributed by atoms with Gasteiger partial charge < -0.3 is 9.97 Å². The summed E-state index contributed by atoms with van der Waals surface area (Å²) in [5.41, 5.74) is 0.991. The van der Waals surface area contributed by atoms with E-state index in [1.54, 1.807) is 13.0 Å². The minimum Gasteiger partial charge on any atom is -0.321 e. The topological polar surface area (TPSA) is 78.6 Å². The summed E-state index contributed by atoms with van der Waals surface area (Å²) in [6, 6.07) is 7.29. The van der Waals surface area contributed by atoms with Gasteiger partial charge in [-0.25, -0.2) is 4.79 Å². The molecule has 84 valence electrons. The molecule has 0 atom stereocenters. The quantitative estimate of drug-likeness (QED) is 0.564. The monoisotopic (exact) mass is 227 g/mol. The Bertz CT molecular complexity index is 846. The maximum Gasteiger partial charge on any atom is 0.345 e. The summed E-state index contributed by atoms with van der Waals surface area (Å²) in [5, 5.41) is 1.21. The maximum atomic E-state index is 11.9. The Kier molecular flexibility index (Phi) is 1.89. The summed E-state index contributed by atoms with van der Waals surface area (Å²) in [6.45, 7) is 1.69. The number of hydrogen-bond acceptors (Lipinski definition) is 3. The molecule has 17 heavy (non-hydrogen) atoms. The largest absolute Gasteiger partial charge is 0.345 e. The summed E-state index contributed by atoms with van der Waals surface area (Å²) < 4.78 is 0. The van der Waals surface area contributed by atoms with Crippen molar-refractivity contribution in [2.45, 2.75) is 6.92 Å². The fourth-order valence-electron chi connectivity index (χ4n) is 2.04. The van der Waals surface area contributed by atoms with Crippen LogP contribution in [0.15, 0.2) is 33.9 Å². The molecule has 0 amide bonds. The summed E-state index contributed by atoms with van der Waals surface area (Å²) in [7, 11) is 0. The third-order valence-electron chi connectivity index (χ3n) is 2.78. The number of para-hydroxylation sites is 1. The van der Waals surface area contributed by atoms with Crippen LogP contribution in [-0.2, 0) is 0 Å². The van der Waals surface area contributed by atoms with Crippen LogP contribution in [-0.4, -0.2) is 15.0 Å². The van der Waals surface area contributed by atoms with E-state index >= 15 is 0 Å². The lowest BCUT2D eigenvalue weighted by Crippen LogP contribution is -2.17. The lowest BCUT2D eigenvalue weighted by Gasteiger charge is -2.03. The Morgan fingerprint density at radius 1 is 1.12 bits per heavy atom. The average Bonchev–Trinajstić information content (AvgIpc) is 2.28. The zero-order valence-electron chi connectivity index (χ0n) is 9.07. The number of aromatic nitrogens is 3. The third-order valence-corrected chi connectivity index (χ3v) is 2.78. The van der Waals surface area contributed by atoms with Gasteiger partial charge in [-0.2, -0.15) is 4.98 Å². The predicted molar refractivity (Wildman–Crippen MR) is 65.2 cm³/mol. The third kappa shape index (κ3) is 1.36. The minimum absolute atomic E-state index is 0.236. The minimum atomic E-state index is -0.439. The van der Waals surface area contributed by atoms with Crippen molar-refractivity contribution in [1.29, 1.82) is 0 Å². The summed E-state index contributed by atoms with van der Waals surface area (Å²) in [5.74, 6) is 0. The molecule has 5 heteroatoms. The van der Waals surface area contributed by atoms with E-state index in [1.807, 2.05) is 18.2 Å².